The zero-order valence-corrected chi connectivity index (χ0v) is 12.0. The summed E-state index contributed by atoms with van der Waals surface area (Å²) in [5.74, 6) is -0.182. The van der Waals surface area contributed by atoms with Gasteiger partial charge in [-0.05, 0) is 43.7 Å². The minimum Gasteiger partial charge on any atom is -0.478 e. The molecule has 3 unspecified atom stereocenters. The Kier molecular flexibility index (Phi) is 4.06. The van der Waals surface area contributed by atoms with Crippen LogP contribution in [0.4, 0.5) is 0 Å². The number of hydrogen-bond donors (Lipinski definition) is 2. The predicted molar refractivity (Wildman–Crippen MR) is 74.7 cm³/mol. The monoisotopic (exact) mass is 276 g/mol. The van der Waals surface area contributed by atoms with E-state index in [2.05, 4.69) is 24.1 Å². The lowest BCUT2D eigenvalue weighted by Gasteiger charge is -2.19. The highest BCUT2D eigenvalue weighted by molar-refractivity contribution is 5.94. The minimum absolute atomic E-state index is 0.129. The molecule has 0 spiro atoms. The third-order valence-electron chi connectivity index (χ3n) is 4.33. The Labute approximate surface area is 118 Å². The summed E-state index contributed by atoms with van der Waals surface area (Å²) >= 11 is 0. The smallest absolute Gasteiger partial charge is 0.337 e. The van der Waals surface area contributed by atoms with Crippen LogP contribution in [-0.4, -0.2) is 28.0 Å². The van der Waals surface area contributed by atoms with Crippen molar-refractivity contribution in [3.05, 3.63) is 29.1 Å². The molecule has 1 amide bonds. The van der Waals surface area contributed by atoms with Gasteiger partial charge >= 0.3 is 5.97 Å². The van der Waals surface area contributed by atoms with Crippen molar-refractivity contribution >= 4 is 11.9 Å². The van der Waals surface area contributed by atoms with Crippen molar-refractivity contribution in [2.45, 2.75) is 39.7 Å². The molecule has 1 aliphatic carbocycles. The lowest BCUT2D eigenvalue weighted by molar-refractivity contribution is 0.0694. The van der Waals surface area contributed by atoms with E-state index < -0.39 is 5.97 Å². The number of amides is 1. The lowest BCUT2D eigenvalue weighted by Crippen LogP contribution is -2.37. The standard InChI is InChI=1S/C15H20N2O3/c1-8-4-6-12(9(8)2)17-14(18)13-7-5-11(15(19)20)10(3)16-13/h5,7-9,12H,4,6H2,1-3H3,(H,17,18)(H,19,20). The Morgan fingerprint density at radius 1 is 1.30 bits per heavy atom. The lowest BCUT2D eigenvalue weighted by atomic mass is 9.98. The van der Waals surface area contributed by atoms with Crippen molar-refractivity contribution < 1.29 is 14.7 Å². The SMILES string of the molecule is Cc1nc(C(=O)NC2CCC(C)C2C)ccc1C(=O)O. The van der Waals surface area contributed by atoms with Crippen LogP contribution in [0.3, 0.4) is 0 Å². The average Bonchev–Trinajstić information content (AvgIpc) is 2.70. The number of aryl methyl sites for hydroxylation is 1. The van der Waals surface area contributed by atoms with Crippen LogP contribution in [0.1, 0.15) is 53.2 Å². The number of aromatic nitrogens is 1. The first kappa shape index (κ1) is 14.5. The van der Waals surface area contributed by atoms with Crippen LogP contribution in [0, 0.1) is 18.8 Å². The topological polar surface area (TPSA) is 79.3 Å². The molecule has 0 aromatic carbocycles. The van der Waals surface area contributed by atoms with E-state index >= 15 is 0 Å². The molecule has 5 heteroatoms. The maximum atomic E-state index is 12.2. The maximum Gasteiger partial charge on any atom is 0.337 e. The van der Waals surface area contributed by atoms with Gasteiger partial charge in [0, 0.05) is 6.04 Å². The molecule has 0 aliphatic heterocycles. The minimum atomic E-state index is -1.03. The van der Waals surface area contributed by atoms with Gasteiger partial charge in [0.2, 0.25) is 0 Å². The normalized spacial score (nSPS) is 25.4. The molecule has 1 aromatic rings. The molecule has 0 radical (unpaired) electrons. The van der Waals surface area contributed by atoms with Crippen LogP contribution in [0.2, 0.25) is 0 Å². The van der Waals surface area contributed by atoms with E-state index in [1.807, 2.05) is 0 Å². The van der Waals surface area contributed by atoms with Crippen molar-refractivity contribution in [1.29, 1.82) is 0 Å². The molecule has 5 nitrogen and oxygen atoms in total. The van der Waals surface area contributed by atoms with Gasteiger partial charge in [0.1, 0.15) is 5.69 Å². The van der Waals surface area contributed by atoms with Gasteiger partial charge < -0.3 is 10.4 Å². The zero-order chi connectivity index (χ0) is 14.9. The van der Waals surface area contributed by atoms with Gasteiger partial charge in [-0.15, -0.1) is 0 Å². The molecule has 1 fully saturated rings. The molecule has 3 atom stereocenters. The molecular weight excluding hydrogens is 256 g/mol. The van der Waals surface area contributed by atoms with Gasteiger partial charge in [0.15, 0.2) is 0 Å². The van der Waals surface area contributed by atoms with Gasteiger partial charge in [0.05, 0.1) is 11.3 Å². The highest BCUT2D eigenvalue weighted by Crippen LogP contribution is 2.31. The number of carboxylic acid groups (broad SMARTS) is 1. The van der Waals surface area contributed by atoms with Gasteiger partial charge in [0.25, 0.3) is 5.91 Å². The first-order valence-corrected chi connectivity index (χ1v) is 6.92. The number of carbonyl (C=O) groups excluding carboxylic acids is 1. The average molecular weight is 276 g/mol. The van der Waals surface area contributed by atoms with E-state index in [-0.39, 0.29) is 23.2 Å². The Balaban J connectivity index is 2.10. The van der Waals surface area contributed by atoms with E-state index in [1.165, 1.54) is 12.1 Å². The number of aromatic carboxylic acids is 1. The summed E-state index contributed by atoms with van der Waals surface area (Å²) in [5.41, 5.74) is 0.765. The second-order valence-electron chi connectivity index (χ2n) is 5.63. The van der Waals surface area contributed by atoms with Crippen LogP contribution in [0.15, 0.2) is 12.1 Å². The summed E-state index contributed by atoms with van der Waals surface area (Å²) in [7, 11) is 0. The fourth-order valence-corrected chi connectivity index (χ4v) is 2.72. The number of hydrogen-bond acceptors (Lipinski definition) is 3. The van der Waals surface area contributed by atoms with Gasteiger partial charge in [-0.1, -0.05) is 13.8 Å². The third-order valence-corrected chi connectivity index (χ3v) is 4.33. The largest absolute Gasteiger partial charge is 0.478 e. The Morgan fingerprint density at radius 2 is 2.00 bits per heavy atom. The number of carbonyl (C=O) groups is 2. The predicted octanol–water partition coefficient (Wildman–Crippen LogP) is 2.25. The number of rotatable bonds is 3. The van der Waals surface area contributed by atoms with Crippen LogP contribution in [0.5, 0.6) is 0 Å². The quantitative estimate of drug-likeness (QED) is 0.887. The van der Waals surface area contributed by atoms with Crippen molar-refractivity contribution in [2.24, 2.45) is 11.8 Å². The highest BCUT2D eigenvalue weighted by Gasteiger charge is 2.31. The number of pyridine rings is 1. The molecule has 0 bridgehead atoms. The summed E-state index contributed by atoms with van der Waals surface area (Å²) in [4.78, 5) is 27.2. The van der Waals surface area contributed by atoms with Gasteiger partial charge in [-0.3, -0.25) is 4.79 Å². The van der Waals surface area contributed by atoms with E-state index in [4.69, 9.17) is 5.11 Å². The maximum absolute atomic E-state index is 12.2. The van der Waals surface area contributed by atoms with Crippen molar-refractivity contribution in [2.75, 3.05) is 0 Å². The molecule has 1 aromatic heterocycles. The fourth-order valence-electron chi connectivity index (χ4n) is 2.72. The molecular formula is C15H20N2O3. The van der Waals surface area contributed by atoms with E-state index in [9.17, 15) is 9.59 Å². The summed E-state index contributed by atoms with van der Waals surface area (Å²) in [6, 6.07) is 3.08. The van der Waals surface area contributed by atoms with Crippen molar-refractivity contribution in [3.8, 4) is 0 Å². The molecule has 0 saturated heterocycles. The summed E-state index contributed by atoms with van der Waals surface area (Å²) in [5, 5.41) is 12.0. The molecule has 1 heterocycles. The summed E-state index contributed by atoms with van der Waals surface area (Å²) in [6.07, 6.45) is 2.11. The Bertz CT molecular complexity index is 542. The van der Waals surface area contributed by atoms with Crippen LogP contribution < -0.4 is 5.32 Å². The zero-order valence-electron chi connectivity index (χ0n) is 12.0. The second-order valence-corrected chi connectivity index (χ2v) is 5.63. The molecule has 2 rings (SSSR count). The molecule has 20 heavy (non-hydrogen) atoms. The molecule has 1 saturated carbocycles. The summed E-state index contributed by atoms with van der Waals surface area (Å²) in [6.45, 7) is 5.94. The summed E-state index contributed by atoms with van der Waals surface area (Å²) < 4.78 is 0. The van der Waals surface area contributed by atoms with Crippen LogP contribution in [0.25, 0.3) is 0 Å². The number of carboxylic acids is 1. The number of nitrogens with zero attached hydrogens (tertiary/aromatic N) is 1. The first-order chi connectivity index (χ1) is 9.40. The van der Waals surface area contributed by atoms with Gasteiger partial charge in [-0.25, -0.2) is 9.78 Å². The van der Waals surface area contributed by atoms with E-state index in [1.54, 1.807) is 6.92 Å². The van der Waals surface area contributed by atoms with Crippen molar-refractivity contribution in [3.63, 3.8) is 0 Å². The third kappa shape index (κ3) is 2.81. The second kappa shape index (κ2) is 5.61. The molecule has 2 N–H and O–H groups in total. The first-order valence-electron chi connectivity index (χ1n) is 6.92. The van der Waals surface area contributed by atoms with E-state index in [0.717, 1.165) is 12.8 Å². The van der Waals surface area contributed by atoms with Gasteiger partial charge in [-0.2, -0.15) is 0 Å². The Morgan fingerprint density at radius 3 is 2.50 bits per heavy atom. The van der Waals surface area contributed by atoms with Crippen LogP contribution >= 0.6 is 0 Å². The van der Waals surface area contributed by atoms with Crippen LogP contribution in [-0.2, 0) is 0 Å². The molecule has 1 aliphatic rings. The highest BCUT2D eigenvalue weighted by atomic mass is 16.4. The number of nitrogens with one attached hydrogen (secondary N) is 1. The molecule has 108 valence electrons. The van der Waals surface area contributed by atoms with Crippen molar-refractivity contribution in [1.82, 2.24) is 10.3 Å². The van der Waals surface area contributed by atoms with E-state index in [0.29, 0.717) is 17.5 Å². The fraction of sp³-hybridized carbons (Fsp3) is 0.533. The Hall–Kier alpha value is -1.91.